The van der Waals surface area contributed by atoms with Crippen LogP contribution < -0.4 is 5.32 Å². The number of carbonyl (C=O) groups excluding carboxylic acids is 1. The van der Waals surface area contributed by atoms with Crippen LogP contribution in [0.1, 0.15) is 15.2 Å². The first-order chi connectivity index (χ1) is 7.86. The van der Waals surface area contributed by atoms with Gasteiger partial charge in [0.25, 0.3) is 0 Å². The largest absolute Gasteiger partial charge is 0.306 e. The summed E-state index contributed by atoms with van der Waals surface area (Å²) in [6.45, 7) is 1.04. The van der Waals surface area contributed by atoms with Crippen molar-refractivity contribution in [2.45, 2.75) is 6.54 Å². The average Bonchev–Trinajstić information content (AvgIpc) is 2.84. The molecule has 2 rings (SSSR count). The Morgan fingerprint density at radius 2 is 2.31 bits per heavy atom. The van der Waals surface area contributed by atoms with E-state index in [2.05, 4.69) is 10.3 Å². The highest BCUT2D eigenvalue weighted by Crippen LogP contribution is 2.08. The van der Waals surface area contributed by atoms with Crippen molar-refractivity contribution < 1.29 is 4.79 Å². The quantitative estimate of drug-likeness (QED) is 0.803. The molecule has 0 atom stereocenters. The third kappa shape index (κ3) is 2.98. The van der Waals surface area contributed by atoms with Crippen molar-refractivity contribution in [1.29, 1.82) is 0 Å². The lowest BCUT2D eigenvalue weighted by Gasteiger charge is -2.02. The first kappa shape index (κ1) is 11.0. The van der Waals surface area contributed by atoms with E-state index >= 15 is 0 Å². The third-order valence-electron chi connectivity index (χ3n) is 2.13. The highest BCUT2D eigenvalue weighted by molar-refractivity contribution is 7.12. The summed E-state index contributed by atoms with van der Waals surface area (Å²) in [5.74, 6) is 0.138. The Kier molecular flexibility index (Phi) is 3.80. The van der Waals surface area contributed by atoms with Gasteiger partial charge in [-0.25, -0.2) is 0 Å². The zero-order valence-corrected chi connectivity index (χ0v) is 9.54. The fourth-order valence-electron chi connectivity index (χ4n) is 1.35. The Hall–Kier alpha value is -1.52. The molecule has 0 radical (unpaired) electrons. The van der Waals surface area contributed by atoms with Crippen molar-refractivity contribution >= 4 is 17.1 Å². The molecule has 4 heteroatoms. The summed E-state index contributed by atoms with van der Waals surface area (Å²) < 4.78 is 0. The number of hydrogen-bond acceptors (Lipinski definition) is 4. The van der Waals surface area contributed by atoms with Gasteiger partial charge in [0, 0.05) is 18.9 Å². The smallest absolute Gasteiger partial charge is 0.186 e. The molecule has 1 N–H and O–H groups in total. The van der Waals surface area contributed by atoms with E-state index in [-0.39, 0.29) is 5.78 Å². The highest BCUT2D eigenvalue weighted by atomic mass is 32.1. The maximum Gasteiger partial charge on any atom is 0.186 e. The molecule has 82 valence electrons. The summed E-state index contributed by atoms with van der Waals surface area (Å²) in [6, 6.07) is 7.60. The van der Waals surface area contributed by atoms with Gasteiger partial charge in [0.15, 0.2) is 5.78 Å². The van der Waals surface area contributed by atoms with Crippen LogP contribution in [-0.2, 0) is 6.54 Å². The van der Waals surface area contributed by atoms with E-state index < -0.39 is 0 Å². The predicted molar refractivity (Wildman–Crippen MR) is 64.6 cm³/mol. The van der Waals surface area contributed by atoms with Crippen LogP contribution in [0.25, 0.3) is 0 Å². The molecule has 2 aromatic heterocycles. The molecule has 0 aliphatic heterocycles. The highest BCUT2D eigenvalue weighted by Gasteiger charge is 2.05. The van der Waals surface area contributed by atoms with E-state index in [1.54, 1.807) is 12.4 Å². The number of Topliss-reactive ketones (excluding diaryl/α,β-unsaturated/α-hetero) is 1. The van der Waals surface area contributed by atoms with Gasteiger partial charge in [-0.1, -0.05) is 12.1 Å². The summed E-state index contributed by atoms with van der Waals surface area (Å²) in [7, 11) is 0. The normalized spacial score (nSPS) is 10.2. The van der Waals surface area contributed by atoms with E-state index in [1.165, 1.54) is 11.3 Å². The zero-order valence-electron chi connectivity index (χ0n) is 8.72. The van der Waals surface area contributed by atoms with Gasteiger partial charge < -0.3 is 5.32 Å². The Bertz CT molecular complexity index is 439. The molecule has 0 spiro atoms. The number of aromatic nitrogens is 1. The molecule has 0 aliphatic carbocycles. The van der Waals surface area contributed by atoms with E-state index in [9.17, 15) is 4.79 Å². The lowest BCUT2D eigenvalue weighted by molar-refractivity contribution is 0.0994. The first-order valence-electron chi connectivity index (χ1n) is 5.02. The number of carbonyl (C=O) groups is 1. The molecule has 0 saturated carbocycles. The monoisotopic (exact) mass is 232 g/mol. The number of pyridine rings is 1. The molecule has 2 heterocycles. The van der Waals surface area contributed by atoms with Crippen LogP contribution in [0.4, 0.5) is 0 Å². The van der Waals surface area contributed by atoms with Gasteiger partial charge in [-0.05, 0) is 23.1 Å². The maximum absolute atomic E-state index is 11.6. The van der Waals surface area contributed by atoms with E-state index in [4.69, 9.17) is 0 Å². The van der Waals surface area contributed by atoms with Crippen LogP contribution in [-0.4, -0.2) is 17.3 Å². The zero-order chi connectivity index (χ0) is 11.2. The fourth-order valence-corrected chi connectivity index (χ4v) is 2.01. The molecule has 2 aromatic rings. The minimum absolute atomic E-state index is 0.138. The molecule has 0 aliphatic rings. The Morgan fingerprint density at radius 3 is 3.00 bits per heavy atom. The summed E-state index contributed by atoms with van der Waals surface area (Å²) >= 11 is 1.48. The molecule has 3 nitrogen and oxygen atoms in total. The second kappa shape index (κ2) is 5.53. The first-order valence-corrected chi connectivity index (χ1v) is 5.90. The summed E-state index contributed by atoms with van der Waals surface area (Å²) in [5.41, 5.74) is 1.08. The van der Waals surface area contributed by atoms with Gasteiger partial charge in [-0.3, -0.25) is 9.78 Å². The average molecular weight is 232 g/mol. The van der Waals surface area contributed by atoms with Crippen molar-refractivity contribution in [3.8, 4) is 0 Å². The van der Waals surface area contributed by atoms with Crippen molar-refractivity contribution in [3.05, 3.63) is 52.5 Å². The second-order valence-corrected chi connectivity index (χ2v) is 4.31. The van der Waals surface area contributed by atoms with Gasteiger partial charge in [-0.2, -0.15) is 0 Å². The molecule has 0 unspecified atom stereocenters. The van der Waals surface area contributed by atoms with Crippen LogP contribution in [0.3, 0.4) is 0 Å². The van der Waals surface area contributed by atoms with Crippen LogP contribution in [0.2, 0.25) is 0 Å². The van der Waals surface area contributed by atoms with E-state index in [0.29, 0.717) is 13.1 Å². The number of thiophene rings is 1. The molecule has 0 saturated heterocycles. The van der Waals surface area contributed by atoms with E-state index in [1.807, 2.05) is 29.6 Å². The van der Waals surface area contributed by atoms with Gasteiger partial charge >= 0.3 is 0 Å². The Balaban J connectivity index is 1.79. The summed E-state index contributed by atoms with van der Waals surface area (Å²) in [4.78, 5) is 16.4. The lowest BCUT2D eigenvalue weighted by atomic mass is 10.2. The minimum Gasteiger partial charge on any atom is -0.306 e. The number of rotatable bonds is 5. The van der Waals surface area contributed by atoms with Crippen LogP contribution in [0.5, 0.6) is 0 Å². The number of ketones is 1. The standard InChI is InChI=1S/C12H12N2OS/c15-11(12-4-2-6-16-12)9-14-8-10-3-1-5-13-7-10/h1-7,14H,8-9H2. The number of hydrogen-bond donors (Lipinski definition) is 1. The lowest BCUT2D eigenvalue weighted by Crippen LogP contribution is -2.21. The van der Waals surface area contributed by atoms with E-state index in [0.717, 1.165) is 10.4 Å². The molecule has 0 bridgehead atoms. The molecule has 0 fully saturated rings. The summed E-state index contributed by atoms with van der Waals surface area (Å²) in [6.07, 6.45) is 3.53. The molecule has 0 amide bonds. The van der Waals surface area contributed by atoms with Crippen molar-refractivity contribution in [3.63, 3.8) is 0 Å². The molecule has 16 heavy (non-hydrogen) atoms. The SMILES string of the molecule is O=C(CNCc1cccnc1)c1cccs1. The van der Waals surface area contributed by atoms with Gasteiger partial charge in [-0.15, -0.1) is 11.3 Å². The molecular weight excluding hydrogens is 220 g/mol. The second-order valence-electron chi connectivity index (χ2n) is 3.37. The van der Waals surface area contributed by atoms with Crippen molar-refractivity contribution in [2.75, 3.05) is 6.54 Å². The third-order valence-corrected chi connectivity index (χ3v) is 3.04. The molecular formula is C12H12N2OS. The number of nitrogens with one attached hydrogen (secondary N) is 1. The Labute approximate surface area is 98.2 Å². The molecule has 0 aromatic carbocycles. The van der Waals surface area contributed by atoms with Gasteiger partial charge in [0.05, 0.1) is 11.4 Å². The number of nitrogens with zero attached hydrogens (tertiary/aromatic N) is 1. The Morgan fingerprint density at radius 1 is 1.38 bits per heavy atom. The predicted octanol–water partition coefficient (Wildman–Crippen LogP) is 2.12. The van der Waals surface area contributed by atoms with Crippen LogP contribution >= 0.6 is 11.3 Å². The van der Waals surface area contributed by atoms with Crippen molar-refractivity contribution in [2.24, 2.45) is 0 Å². The van der Waals surface area contributed by atoms with Gasteiger partial charge in [0.2, 0.25) is 0 Å². The fraction of sp³-hybridized carbons (Fsp3) is 0.167. The maximum atomic E-state index is 11.6. The summed E-state index contributed by atoms with van der Waals surface area (Å²) in [5, 5.41) is 5.02. The van der Waals surface area contributed by atoms with Crippen LogP contribution in [0.15, 0.2) is 42.0 Å². The topological polar surface area (TPSA) is 42.0 Å². The van der Waals surface area contributed by atoms with Gasteiger partial charge in [0.1, 0.15) is 0 Å². The minimum atomic E-state index is 0.138. The van der Waals surface area contributed by atoms with Crippen molar-refractivity contribution in [1.82, 2.24) is 10.3 Å². The van der Waals surface area contributed by atoms with Crippen LogP contribution in [0, 0.1) is 0 Å².